The zero-order valence-electron chi connectivity index (χ0n) is 6.68. The van der Waals surface area contributed by atoms with Gasteiger partial charge in [-0.25, -0.2) is 0 Å². The number of terminal acetylenes is 1. The molecule has 1 aliphatic rings. The highest BCUT2D eigenvalue weighted by atomic mass is 32.2. The molecule has 0 aromatic carbocycles. The van der Waals surface area contributed by atoms with E-state index < -0.39 is 0 Å². The molecule has 0 amide bonds. The average molecular weight is 154 g/mol. The Bertz CT molecular complexity index is 153. The van der Waals surface area contributed by atoms with Crippen LogP contribution in [0.1, 0.15) is 26.7 Å². The zero-order valence-corrected chi connectivity index (χ0v) is 7.50. The molecular formula is C9H14S. The maximum Gasteiger partial charge on any atom is 0.0141 e. The summed E-state index contributed by atoms with van der Waals surface area (Å²) in [5.41, 5.74) is 0. The normalized spacial score (nSPS) is 29.9. The van der Waals surface area contributed by atoms with Crippen molar-refractivity contribution in [2.75, 3.05) is 5.75 Å². The van der Waals surface area contributed by atoms with Gasteiger partial charge in [0.15, 0.2) is 0 Å². The van der Waals surface area contributed by atoms with Crippen molar-refractivity contribution in [2.24, 2.45) is 5.92 Å². The SMILES string of the molecule is C#CCC1CCSC1(C)C. The van der Waals surface area contributed by atoms with Crippen molar-refractivity contribution in [3.8, 4) is 12.3 Å². The van der Waals surface area contributed by atoms with E-state index in [4.69, 9.17) is 6.42 Å². The molecule has 1 unspecified atom stereocenters. The zero-order chi connectivity index (χ0) is 7.61. The van der Waals surface area contributed by atoms with E-state index in [1.165, 1.54) is 12.2 Å². The molecule has 1 atom stereocenters. The minimum absolute atomic E-state index is 0.437. The van der Waals surface area contributed by atoms with Gasteiger partial charge in [-0.1, -0.05) is 13.8 Å². The van der Waals surface area contributed by atoms with E-state index in [0.29, 0.717) is 4.75 Å². The molecule has 1 saturated heterocycles. The van der Waals surface area contributed by atoms with Crippen molar-refractivity contribution in [2.45, 2.75) is 31.4 Å². The lowest BCUT2D eigenvalue weighted by Gasteiger charge is -2.23. The Kier molecular flexibility index (Phi) is 2.31. The molecule has 0 bridgehead atoms. The largest absolute Gasteiger partial charge is 0.155 e. The van der Waals surface area contributed by atoms with Gasteiger partial charge in [0, 0.05) is 11.2 Å². The van der Waals surface area contributed by atoms with Crippen molar-refractivity contribution >= 4 is 11.8 Å². The summed E-state index contributed by atoms with van der Waals surface area (Å²) in [5.74, 6) is 4.80. The van der Waals surface area contributed by atoms with Crippen LogP contribution in [-0.4, -0.2) is 10.5 Å². The summed E-state index contributed by atoms with van der Waals surface area (Å²) in [6, 6.07) is 0. The first-order chi connectivity index (χ1) is 4.67. The van der Waals surface area contributed by atoms with Crippen LogP contribution in [-0.2, 0) is 0 Å². The minimum atomic E-state index is 0.437. The molecule has 1 heteroatoms. The quantitative estimate of drug-likeness (QED) is 0.523. The van der Waals surface area contributed by atoms with Gasteiger partial charge in [0.1, 0.15) is 0 Å². The second kappa shape index (κ2) is 2.88. The average Bonchev–Trinajstić information content (AvgIpc) is 2.13. The summed E-state index contributed by atoms with van der Waals surface area (Å²) in [7, 11) is 0. The van der Waals surface area contributed by atoms with Crippen LogP contribution < -0.4 is 0 Å². The third-order valence-corrected chi connectivity index (χ3v) is 3.80. The van der Waals surface area contributed by atoms with Crippen LogP contribution >= 0.6 is 11.8 Å². The van der Waals surface area contributed by atoms with Gasteiger partial charge in [0.2, 0.25) is 0 Å². The molecule has 0 saturated carbocycles. The highest BCUT2D eigenvalue weighted by Crippen LogP contribution is 2.43. The van der Waals surface area contributed by atoms with Gasteiger partial charge in [-0.2, -0.15) is 11.8 Å². The van der Waals surface area contributed by atoms with Gasteiger partial charge in [-0.15, -0.1) is 12.3 Å². The fourth-order valence-electron chi connectivity index (χ4n) is 1.42. The number of rotatable bonds is 1. The molecule has 0 N–H and O–H groups in total. The van der Waals surface area contributed by atoms with Crippen LogP contribution in [0.3, 0.4) is 0 Å². The highest BCUT2D eigenvalue weighted by molar-refractivity contribution is 8.00. The van der Waals surface area contributed by atoms with Gasteiger partial charge in [0.25, 0.3) is 0 Å². The number of thioether (sulfide) groups is 1. The van der Waals surface area contributed by atoms with Crippen LogP contribution in [0, 0.1) is 18.3 Å². The molecular weight excluding hydrogens is 140 g/mol. The Labute approximate surface area is 67.8 Å². The van der Waals surface area contributed by atoms with Crippen LogP contribution in [0.25, 0.3) is 0 Å². The van der Waals surface area contributed by atoms with Gasteiger partial charge in [-0.3, -0.25) is 0 Å². The van der Waals surface area contributed by atoms with Gasteiger partial charge >= 0.3 is 0 Å². The Morgan fingerprint density at radius 3 is 2.80 bits per heavy atom. The molecule has 0 radical (unpaired) electrons. The van der Waals surface area contributed by atoms with Crippen molar-refractivity contribution in [3.63, 3.8) is 0 Å². The lowest BCUT2D eigenvalue weighted by atomic mass is 9.90. The first kappa shape index (κ1) is 8.01. The number of hydrogen-bond acceptors (Lipinski definition) is 1. The third kappa shape index (κ3) is 1.49. The molecule has 1 aliphatic heterocycles. The van der Waals surface area contributed by atoms with Crippen molar-refractivity contribution in [1.29, 1.82) is 0 Å². The summed E-state index contributed by atoms with van der Waals surface area (Å²) in [5, 5.41) is 0. The predicted octanol–water partition coefficient (Wildman–Crippen LogP) is 2.54. The second-order valence-corrected chi connectivity index (χ2v) is 5.09. The van der Waals surface area contributed by atoms with Crippen LogP contribution in [0.15, 0.2) is 0 Å². The first-order valence-corrected chi connectivity index (χ1v) is 4.73. The molecule has 1 rings (SSSR count). The highest BCUT2D eigenvalue weighted by Gasteiger charge is 2.34. The van der Waals surface area contributed by atoms with Crippen molar-refractivity contribution in [1.82, 2.24) is 0 Å². The van der Waals surface area contributed by atoms with E-state index in [9.17, 15) is 0 Å². The van der Waals surface area contributed by atoms with Crippen LogP contribution in [0.5, 0.6) is 0 Å². The van der Waals surface area contributed by atoms with E-state index in [1.807, 2.05) is 0 Å². The maximum absolute atomic E-state index is 5.27. The molecule has 10 heavy (non-hydrogen) atoms. The molecule has 0 spiro atoms. The monoisotopic (exact) mass is 154 g/mol. The maximum atomic E-state index is 5.27. The van der Waals surface area contributed by atoms with Crippen molar-refractivity contribution < 1.29 is 0 Å². The lowest BCUT2D eigenvalue weighted by Crippen LogP contribution is -2.21. The smallest absolute Gasteiger partial charge is 0.0141 e. The van der Waals surface area contributed by atoms with E-state index in [-0.39, 0.29) is 0 Å². The molecule has 1 fully saturated rings. The molecule has 0 aromatic heterocycles. The molecule has 56 valence electrons. The third-order valence-electron chi connectivity index (χ3n) is 2.29. The summed E-state index contributed by atoms with van der Waals surface area (Å²) in [6.07, 6.45) is 7.54. The number of hydrogen-bond donors (Lipinski definition) is 0. The Morgan fingerprint density at radius 1 is 1.70 bits per heavy atom. The van der Waals surface area contributed by atoms with Gasteiger partial charge in [0.05, 0.1) is 0 Å². The fourth-order valence-corrected chi connectivity index (χ4v) is 2.79. The van der Waals surface area contributed by atoms with E-state index in [0.717, 1.165) is 12.3 Å². The van der Waals surface area contributed by atoms with Gasteiger partial charge < -0.3 is 0 Å². The molecule has 0 aromatic rings. The summed E-state index contributed by atoms with van der Waals surface area (Å²) < 4.78 is 0.437. The lowest BCUT2D eigenvalue weighted by molar-refractivity contribution is 0.447. The first-order valence-electron chi connectivity index (χ1n) is 3.74. The van der Waals surface area contributed by atoms with Crippen LogP contribution in [0.2, 0.25) is 0 Å². The fraction of sp³-hybridized carbons (Fsp3) is 0.778. The predicted molar refractivity (Wildman–Crippen MR) is 48.1 cm³/mol. The molecule has 1 heterocycles. The second-order valence-electron chi connectivity index (χ2n) is 3.35. The van der Waals surface area contributed by atoms with Crippen molar-refractivity contribution in [3.05, 3.63) is 0 Å². The van der Waals surface area contributed by atoms with E-state index >= 15 is 0 Å². The molecule has 0 aliphatic carbocycles. The Hall–Kier alpha value is -0.0900. The van der Waals surface area contributed by atoms with Crippen LogP contribution in [0.4, 0.5) is 0 Å². The standard InChI is InChI=1S/C9H14S/c1-4-5-8-6-7-10-9(8,2)3/h1,8H,5-7H2,2-3H3. The topological polar surface area (TPSA) is 0 Å². The summed E-state index contributed by atoms with van der Waals surface area (Å²) in [6.45, 7) is 4.60. The van der Waals surface area contributed by atoms with E-state index in [2.05, 4.69) is 31.5 Å². The molecule has 0 nitrogen and oxygen atoms in total. The van der Waals surface area contributed by atoms with E-state index in [1.54, 1.807) is 0 Å². The summed E-state index contributed by atoms with van der Waals surface area (Å²) >= 11 is 2.05. The summed E-state index contributed by atoms with van der Waals surface area (Å²) in [4.78, 5) is 0. The Balaban J connectivity index is 2.53. The minimum Gasteiger partial charge on any atom is -0.155 e. The Morgan fingerprint density at radius 2 is 2.40 bits per heavy atom. The van der Waals surface area contributed by atoms with Gasteiger partial charge in [-0.05, 0) is 18.1 Å².